The van der Waals surface area contributed by atoms with Gasteiger partial charge >= 0.3 is 6.09 Å². The van der Waals surface area contributed by atoms with Crippen LogP contribution in [0.2, 0.25) is 10.3 Å². The first-order valence-corrected chi connectivity index (χ1v) is 14.7. The van der Waals surface area contributed by atoms with Gasteiger partial charge in [-0.15, -0.1) is 0 Å². The van der Waals surface area contributed by atoms with Gasteiger partial charge in [0, 0.05) is 18.0 Å². The quantitative estimate of drug-likeness (QED) is 0.181. The standard InChI is InChI=1S/C33H33Cl2N3O5/c1-3-16-41-33(40)36-17-26-6-4-5-7-27(26)23-12-14-25(15-13-23)32-42-28(18-38-20-37-30(34)31(38)35)21(2)29(43-32)24-10-8-22(19-39)9-11-24/h3-15,20-21,28-29,32,39H,1,16-19H2,2H3,(H,36,40)/t21-,28+,29+,32+/m0/s1. The fraction of sp³-hybridized carbons (Fsp3) is 0.273. The van der Waals surface area contributed by atoms with Crippen LogP contribution in [0.15, 0.2) is 91.8 Å². The molecule has 3 aromatic carbocycles. The molecule has 2 heterocycles. The molecule has 5 rings (SSSR count). The summed E-state index contributed by atoms with van der Waals surface area (Å²) in [5.74, 6) is -0.0368. The van der Waals surface area contributed by atoms with Crippen molar-refractivity contribution in [3.05, 3.63) is 124 Å². The number of hydrogen-bond acceptors (Lipinski definition) is 6. The molecular weight excluding hydrogens is 589 g/mol. The van der Waals surface area contributed by atoms with Gasteiger partial charge in [-0.25, -0.2) is 9.78 Å². The minimum Gasteiger partial charge on any atom is -0.445 e. The molecule has 43 heavy (non-hydrogen) atoms. The fourth-order valence-electron chi connectivity index (χ4n) is 5.12. The van der Waals surface area contributed by atoms with E-state index in [1.54, 1.807) is 10.9 Å². The van der Waals surface area contributed by atoms with Gasteiger partial charge in [-0.3, -0.25) is 0 Å². The van der Waals surface area contributed by atoms with Crippen molar-refractivity contribution in [2.24, 2.45) is 5.92 Å². The SMILES string of the molecule is C=CCOC(=O)NCc1ccccc1-c1ccc([C@@H]2O[C@H](Cn3cnc(Cl)c3Cl)[C@H](C)[C@H](c3ccc(CO)cc3)O2)cc1. The van der Waals surface area contributed by atoms with E-state index in [2.05, 4.69) is 23.8 Å². The summed E-state index contributed by atoms with van der Waals surface area (Å²) in [5.41, 5.74) is 5.60. The maximum Gasteiger partial charge on any atom is 0.407 e. The number of aliphatic hydroxyl groups excluding tert-OH is 1. The zero-order valence-electron chi connectivity index (χ0n) is 23.7. The van der Waals surface area contributed by atoms with E-state index in [9.17, 15) is 9.90 Å². The number of nitrogens with zero attached hydrogens (tertiary/aromatic N) is 2. The molecule has 10 heteroatoms. The molecule has 0 aliphatic carbocycles. The number of benzene rings is 3. The average molecular weight is 623 g/mol. The Hall–Kier alpha value is -3.66. The minimum atomic E-state index is -0.646. The van der Waals surface area contributed by atoms with Crippen molar-refractivity contribution in [2.45, 2.75) is 45.1 Å². The van der Waals surface area contributed by atoms with Crippen molar-refractivity contribution in [3.8, 4) is 11.1 Å². The molecule has 4 atom stereocenters. The first-order valence-electron chi connectivity index (χ1n) is 13.9. The zero-order chi connectivity index (χ0) is 30.3. The molecular formula is C33H33Cl2N3O5. The summed E-state index contributed by atoms with van der Waals surface area (Å²) in [6, 6.07) is 23.6. The van der Waals surface area contributed by atoms with Gasteiger partial charge in [0.2, 0.25) is 0 Å². The Kier molecular flexibility index (Phi) is 10.2. The van der Waals surface area contributed by atoms with E-state index >= 15 is 0 Å². The predicted octanol–water partition coefficient (Wildman–Crippen LogP) is 7.25. The Labute approximate surface area is 260 Å². The molecule has 1 aromatic heterocycles. The van der Waals surface area contributed by atoms with Gasteiger partial charge in [0.15, 0.2) is 11.4 Å². The molecule has 0 bridgehead atoms. The fourth-order valence-corrected chi connectivity index (χ4v) is 5.43. The first-order chi connectivity index (χ1) is 20.9. The number of aromatic nitrogens is 2. The number of imidazole rings is 1. The minimum absolute atomic E-state index is 0.0272. The number of halogens is 2. The molecule has 1 saturated heterocycles. The Morgan fingerprint density at radius 1 is 1.07 bits per heavy atom. The van der Waals surface area contributed by atoms with Crippen molar-refractivity contribution in [1.82, 2.24) is 14.9 Å². The molecule has 1 amide bonds. The van der Waals surface area contributed by atoms with E-state index in [0.29, 0.717) is 18.2 Å². The van der Waals surface area contributed by atoms with Gasteiger partial charge in [0.25, 0.3) is 0 Å². The second kappa shape index (κ2) is 14.2. The summed E-state index contributed by atoms with van der Waals surface area (Å²) >= 11 is 12.5. The van der Waals surface area contributed by atoms with Crippen LogP contribution in [0, 0.1) is 5.92 Å². The largest absolute Gasteiger partial charge is 0.445 e. The number of aliphatic hydroxyl groups is 1. The van der Waals surface area contributed by atoms with E-state index in [1.165, 1.54) is 6.08 Å². The van der Waals surface area contributed by atoms with Crippen molar-refractivity contribution in [3.63, 3.8) is 0 Å². The van der Waals surface area contributed by atoms with Crippen LogP contribution >= 0.6 is 23.2 Å². The number of alkyl carbamates (subject to hydrolysis) is 1. The molecule has 0 radical (unpaired) electrons. The smallest absolute Gasteiger partial charge is 0.407 e. The average Bonchev–Trinajstić information content (AvgIpc) is 3.36. The summed E-state index contributed by atoms with van der Waals surface area (Å²) in [6.45, 7) is 6.53. The zero-order valence-corrected chi connectivity index (χ0v) is 25.2. The van der Waals surface area contributed by atoms with E-state index in [0.717, 1.165) is 33.4 Å². The molecule has 2 N–H and O–H groups in total. The summed E-state index contributed by atoms with van der Waals surface area (Å²) in [7, 11) is 0. The Morgan fingerprint density at radius 3 is 2.47 bits per heavy atom. The second-order valence-corrected chi connectivity index (χ2v) is 11.0. The maximum absolute atomic E-state index is 11.9. The second-order valence-electron chi connectivity index (χ2n) is 10.3. The third kappa shape index (κ3) is 7.29. The van der Waals surface area contributed by atoms with E-state index in [-0.39, 0.29) is 36.5 Å². The van der Waals surface area contributed by atoms with Gasteiger partial charge in [-0.05, 0) is 27.8 Å². The lowest BCUT2D eigenvalue weighted by Crippen LogP contribution is -2.39. The normalized spacial score (nSPS) is 20.0. The number of rotatable bonds is 10. The number of carbonyl (C=O) groups excluding carboxylic acids is 1. The summed E-state index contributed by atoms with van der Waals surface area (Å²) in [6.07, 6.45) is 1.44. The topological polar surface area (TPSA) is 94.8 Å². The molecule has 0 saturated carbocycles. The Morgan fingerprint density at radius 2 is 1.79 bits per heavy atom. The van der Waals surface area contributed by atoms with Gasteiger partial charge in [-0.1, -0.05) is 116 Å². The predicted molar refractivity (Wildman–Crippen MR) is 165 cm³/mol. The molecule has 0 spiro atoms. The third-order valence-electron chi connectivity index (χ3n) is 7.50. The van der Waals surface area contributed by atoms with Crippen molar-refractivity contribution >= 4 is 29.3 Å². The lowest BCUT2D eigenvalue weighted by Gasteiger charge is -2.41. The van der Waals surface area contributed by atoms with Crippen molar-refractivity contribution < 1.29 is 24.1 Å². The van der Waals surface area contributed by atoms with E-state index < -0.39 is 12.4 Å². The highest BCUT2D eigenvalue weighted by molar-refractivity contribution is 6.40. The number of nitrogens with one attached hydrogen (secondary N) is 1. The molecule has 1 fully saturated rings. The summed E-state index contributed by atoms with van der Waals surface area (Å²) < 4.78 is 19.9. The van der Waals surface area contributed by atoms with Crippen molar-refractivity contribution in [2.75, 3.05) is 6.61 Å². The van der Waals surface area contributed by atoms with E-state index in [1.807, 2.05) is 72.8 Å². The van der Waals surface area contributed by atoms with Gasteiger partial charge in [0.05, 0.1) is 31.7 Å². The highest BCUT2D eigenvalue weighted by Crippen LogP contribution is 2.42. The van der Waals surface area contributed by atoms with Crippen molar-refractivity contribution in [1.29, 1.82) is 0 Å². The summed E-state index contributed by atoms with van der Waals surface area (Å²) in [4.78, 5) is 16.1. The van der Waals surface area contributed by atoms with Crippen LogP contribution in [-0.2, 0) is 33.9 Å². The van der Waals surface area contributed by atoms with E-state index in [4.69, 9.17) is 37.4 Å². The molecule has 1 aliphatic heterocycles. The highest BCUT2D eigenvalue weighted by Gasteiger charge is 2.39. The number of hydrogen-bond donors (Lipinski definition) is 2. The molecule has 1 aliphatic rings. The van der Waals surface area contributed by atoms with Gasteiger partial charge < -0.3 is 29.2 Å². The lowest BCUT2D eigenvalue weighted by atomic mass is 9.90. The first kappa shape index (κ1) is 30.8. The van der Waals surface area contributed by atoms with Crippen LogP contribution < -0.4 is 5.32 Å². The maximum atomic E-state index is 11.9. The Balaban J connectivity index is 1.38. The monoisotopic (exact) mass is 621 g/mol. The lowest BCUT2D eigenvalue weighted by molar-refractivity contribution is -0.276. The van der Waals surface area contributed by atoms with Crippen LogP contribution in [0.4, 0.5) is 4.79 Å². The number of amides is 1. The molecule has 8 nitrogen and oxygen atoms in total. The molecule has 4 aromatic rings. The van der Waals surface area contributed by atoms with Gasteiger partial charge in [0.1, 0.15) is 11.8 Å². The number of ether oxygens (including phenoxy) is 3. The van der Waals surface area contributed by atoms with Crippen LogP contribution in [0.3, 0.4) is 0 Å². The third-order valence-corrected chi connectivity index (χ3v) is 8.27. The number of carbonyl (C=O) groups is 1. The Bertz CT molecular complexity index is 1540. The van der Waals surface area contributed by atoms with Crippen LogP contribution in [0.25, 0.3) is 11.1 Å². The highest BCUT2D eigenvalue weighted by atomic mass is 35.5. The summed E-state index contributed by atoms with van der Waals surface area (Å²) in [5, 5.41) is 12.9. The van der Waals surface area contributed by atoms with Crippen LogP contribution in [-0.4, -0.2) is 33.5 Å². The van der Waals surface area contributed by atoms with Crippen LogP contribution in [0.1, 0.15) is 41.6 Å². The van der Waals surface area contributed by atoms with Crippen LogP contribution in [0.5, 0.6) is 0 Å². The van der Waals surface area contributed by atoms with Gasteiger partial charge in [-0.2, -0.15) is 0 Å². The molecule has 0 unspecified atom stereocenters. The molecule has 224 valence electrons.